The van der Waals surface area contributed by atoms with Crippen LogP contribution in [0.1, 0.15) is 34.5 Å². The lowest BCUT2D eigenvalue weighted by Crippen LogP contribution is -2.31. The maximum atomic E-state index is 12.3. The molecule has 7 heteroatoms. The van der Waals surface area contributed by atoms with Gasteiger partial charge in [-0.2, -0.15) is 0 Å². The molecular formula is C23H23N3O4. The van der Waals surface area contributed by atoms with Crippen LogP contribution in [0.2, 0.25) is 0 Å². The molecule has 0 aliphatic rings. The average Bonchev–Trinajstić information content (AvgIpc) is 2.76. The summed E-state index contributed by atoms with van der Waals surface area (Å²) in [6.45, 7) is 1.78. The van der Waals surface area contributed by atoms with E-state index in [0.29, 0.717) is 5.56 Å². The molecule has 0 saturated carbocycles. The molecule has 3 rings (SSSR count). The first-order valence-electron chi connectivity index (χ1n) is 9.50. The Morgan fingerprint density at radius 1 is 0.967 bits per heavy atom. The van der Waals surface area contributed by atoms with Gasteiger partial charge in [0.1, 0.15) is 0 Å². The number of benzene rings is 3. The first kappa shape index (κ1) is 20.9. The number of primary amides is 1. The minimum atomic E-state index is -0.623. The standard InChI is InChI=1S/C23H23N3O4/c1-15(19-8-4-6-17-5-2-3-7-20(17)19)26-21(27)14-30-22(28)18-11-9-16(10-12-18)13-25-23(24)29/h2-12,15H,13-14H2,1H3,(H,26,27)(H3,24,25,29). The van der Waals surface area contributed by atoms with Gasteiger partial charge in [-0.25, -0.2) is 9.59 Å². The van der Waals surface area contributed by atoms with E-state index in [1.54, 1.807) is 24.3 Å². The fraction of sp³-hybridized carbons (Fsp3) is 0.174. The topological polar surface area (TPSA) is 111 Å². The second-order valence-electron chi connectivity index (χ2n) is 6.85. The molecule has 0 fully saturated rings. The highest BCUT2D eigenvalue weighted by Crippen LogP contribution is 2.23. The van der Waals surface area contributed by atoms with Crippen molar-refractivity contribution in [3.05, 3.63) is 83.4 Å². The van der Waals surface area contributed by atoms with Gasteiger partial charge in [0.05, 0.1) is 11.6 Å². The van der Waals surface area contributed by atoms with Crippen LogP contribution in [-0.2, 0) is 16.1 Å². The van der Waals surface area contributed by atoms with E-state index in [1.165, 1.54) is 0 Å². The Morgan fingerprint density at radius 3 is 2.40 bits per heavy atom. The maximum Gasteiger partial charge on any atom is 0.338 e. The molecule has 0 aliphatic carbocycles. The molecule has 3 amide bonds. The van der Waals surface area contributed by atoms with Crippen LogP contribution >= 0.6 is 0 Å². The molecule has 0 aromatic heterocycles. The molecule has 154 valence electrons. The van der Waals surface area contributed by atoms with Crippen LogP contribution in [0.4, 0.5) is 4.79 Å². The quantitative estimate of drug-likeness (QED) is 0.525. The molecule has 0 spiro atoms. The third kappa shape index (κ3) is 5.35. The maximum absolute atomic E-state index is 12.3. The van der Waals surface area contributed by atoms with Crippen molar-refractivity contribution in [1.29, 1.82) is 0 Å². The van der Waals surface area contributed by atoms with Crippen molar-refractivity contribution < 1.29 is 19.1 Å². The summed E-state index contributed by atoms with van der Waals surface area (Å²) in [5.41, 5.74) is 7.11. The summed E-state index contributed by atoms with van der Waals surface area (Å²) in [4.78, 5) is 35.2. The number of carbonyl (C=O) groups excluding carboxylic acids is 3. The van der Waals surface area contributed by atoms with E-state index in [9.17, 15) is 14.4 Å². The van der Waals surface area contributed by atoms with Crippen molar-refractivity contribution in [2.75, 3.05) is 6.61 Å². The summed E-state index contributed by atoms with van der Waals surface area (Å²) in [7, 11) is 0. The molecule has 1 unspecified atom stereocenters. The summed E-state index contributed by atoms with van der Waals surface area (Å²) < 4.78 is 5.11. The van der Waals surface area contributed by atoms with Gasteiger partial charge in [-0.15, -0.1) is 0 Å². The number of hydrogen-bond acceptors (Lipinski definition) is 4. The molecule has 30 heavy (non-hydrogen) atoms. The number of hydrogen-bond donors (Lipinski definition) is 3. The summed E-state index contributed by atoms with van der Waals surface area (Å²) in [6, 6.07) is 19.5. The Bertz CT molecular complexity index is 1060. The van der Waals surface area contributed by atoms with Gasteiger partial charge in [-0.3, -0.25) is 4.79 Å². The Balaban J connectivity index is 1.53. The summed E-state index contributed by atoms with van der Waals surface area (Å²) in [5, 5.41) is 7.49. The van der Waals surface area contributed by atoms with Crippen molar-refractivity contribution in [2.45, 2.75) is 19.5 Å². The third-order valence-electron chi connectivity index (χ3n) is 4.66. The Morgan fingerprint density at radius 2 is 1.67 bits per heavy atom. The number of nitrogens with two attached hydrogens (primary N) is 1. The van der Waals surface area contributed by atoms with Crippen LogP contribution in [-0.4, -0.2) is 24.5 Å². The van der Waals surface area contributed by atoms with Crippen LogP contribution in [0, 0.1) is 0 Å². The van der Waals surface area contributed by atoms with E-state index < -0.39 is 12.0 Å². The van der Waals surface area contributed by atoms with Crippen LogP contribution < -0.4 is 16.4 Å². The molecule has 4 N–H and O–H groups in total. The molecule has 0 heterocycles. The molecule has 0 saturated heterocycles. The largest absolute Gasteiger partial charge is 0.452 e. The van der Waals surface area contributed by atoms with Crippen molar-refractivity contribution in [3.63, 3.8) is 0 Å². The molecule has 0 radical (unpaired) electrons. The number of rotatable bonds is 7. The van der Waals surface area contributed by atoms with Gasteiger partial charge in [0, 0.05) is 6.54 Å². The molecule has 3 aromatic carbocycles. The van der Waals surface area contributed by atoms with E-state index >= 15 is 0 Å². The SMILES string of the molecule is CC(NC(=O)COC(=O)c1ccc(CNC(N)=O)cc1)c1cccc2ccccc12. The second kappa shape index (κ2) is 9.56. The van der Waals surface area contributed by atoms with Crippen LogP contribution in [0.3, 0.4) is 0 Å². The fourth-order valence-corrected chi connectivity index (χ4v) is 3.15. The summed E-state index contributed by atoms with van der Waals surface area (Å²) >= 11 is 0. The molecule has 0 aliphatic heterocycles. The Labute approximate surface area is 174 Å². The smallest absolute Gasteiger partial charge is 0.338 e. The van der Waals surface area contributed by atoms with Gasteiger partial charge >= 0.3 is 12.0 Å². The molecule has 7 nitrogen and oxygen atoms in total. The number of urea groups is 1. The van der Waals surface area contributed by atoms with Crippen molar-refractivity contribution in [3.8, 4) is 0 Å². The van der Waals surface area contributed by atoms with Gasteiger partial charge < -0.3 is 21.1 Å². The number of nitrogens with one attached hydrogen (secondary N) is 2. The second-order valence-corrected chi connectivity index (χ2v) is 6.85. The van der Waals surface area contributed by atoms with Crippen molar-refractivity contribution >= 4 is 28.7 Å². The highest BCUT2D eigenvalue weighted by Gasteiger charge is 2.15. The monoisotopic (exact) mass is 405 g/mol. The van der Waals surface area contributed by atoms with Crippen LogP contribution in [0.25, 0.3) is 10.8 Å². The normalized spacial score (nSPS) is 11.5. The number of carbonyl (C=O) groups is 3. The van der Waals surface area contributed by atoms with E-state index in [0.717, 1.165) is 21.9 Å². The molecule has 1 atom stereocenters. The fourth-order valence-electron chi connectivity index (χ4n) is 3.15. The van der Waals surface area contributed by atoms with E-state index in [1.807, 2.05) is 49.4 Å². The minimum absolute atomic E-state index is 0.237. The molecular weight excluding hydrogens is 382 g/mol. The molecule has 0 bridgehead atoms. The van der Waals surface area contributed by atoms with E-state index in [4.69, 9.17) is 10.5 Å². The van der Waals surface area contributed by atoms with Gasteiger partial charge in [-0.1, -0.05) is 54.6 Å². The number of amides is 3. The first-order chi connectivity index (χ1) is 14.4. The van der Waals surface area contributed by atoms with E-state index in [-0.39, 0.29) is 25.1 Å². The Kier molecular flexibility index (Phi) is 6.64. The number of esters is 1. The van der Waals surface area contributed by atoms with Gasteiger partial charge in [0.2, 0.25) is 0 Å². The lowest BCUT2D eigenvalue weighted by Gasteiger charge is -2.16. The van der Waals surface area contributed by atoms with Crippen molar-refractivity contribution in [1.82, 2.24) is 10.6 Å². The zero-order chi connectivity index (χ0) is 21.5. The van der Waals surface area contributed by atoms with Gasteiger partial charge in [-0.05, 0) is 41.0 Å². The lowest BCUT2D eigenvalue weighted by molar-refractivity contribution is -0.124. The zero-order valence-electron chi connectivity index (χ0n) is 16.6. The first-order valence-corrected chi connectivity index (χ1v) is 9.50. The highest BCUT2D eigenvalue weighted by atomic mass is 16.5. The average molecular weight is 405 g/mol. The number of fused-ring (bicyclic) bond motifs is 1. The minimum Gasteiger partial charge on any atom is -0.452 e. The highest BCUT2D eigenvalue weighted by molar-refractivity contribution is 5.91. The van der Waals surface area contributed by atoms with Crippen molar-refractivity contribution in [2.24, 2.45) is 5.73 Å². The van der Waals surface area contributed by atoms with Crippen LogP contribution in [0.15, 0.2) is 66.7 Å². The third-order valence-corrected chi connectivity index (χ3v) is 4.66. The van der Waals surface area contributed by atoms with Gasteiger partial charge in [0.25, 0.3) is 5.91 Å². The Hall–Kier alpha value is -3.87. The summed E-state index contributed by atoms with van der Waals surface area (Å²) in [5.74, 6) is -0.983. The molecule has 3 aromatic rings. The zero-order valence-corrected chi connectivity index (χ0v) is 16.6. The predicted octanol–water partition coefficient (Wildman–Crippen LogP) is 3.04. The predicted molar refractivity (Wildman–Crippen MR) is 114 cm³/mol. The van der Waals surface area contributed by atoms with E-state index in [2.05, 4.69) is 10.6 Å². The van der Waals surface area contributed by atoms with Crippen LogP contribution in [0.5, 0.6) is 0 Å². The lowest BCUT2D eigenvalue weighted by atomic mass is 10.00. The van der Waals surface area contributed by atoms with Gasteiger partial charge in [0.15, 0.2) is 6.61 Å². The number of ether oxygens (including phenoxy) is 1. The summed E-state index contributed by atoms with van der Waals surface area (Å²) in [6.07, 6.45) is 0.